The van der Waals surface area contributed by atoms with Gasteiger partial charge in [-0.1, -0.05) is 0 Å². The Morgan fingerprint density at radius 2 is 1.96 bits per heavy atom. The molecule has 1 aliphatic rings. The van der Waals surface area contributed by atoms with Gasteiger partial charge in [-0.25, -0.2) is 17.7 Å². The standard InChI is InChI=1S/C12H14N6O.CH4O4S/c1-16-5-2-4-9(8-16)14-15-10-11(13)17-6-3-7-18(17)12(10)19;1-5-6(2,3)4/h2,4-5,8H,3,6-7H2,1H3,(H-,13,14,19);1H3,(H,2,3,4). The zero-order chi connectivity index (χ0) is 18.6. The minimum Gasteiger partial charge on any atom is -0.726 e. The largest absolute Gasteiger partial charge is 0.726 e. The second-order valence-corrected chi connectivity index (χ2v) is 6.29. The first-order chi connectivity index (χ1) is 11.7. The first kappa shape index (κ1) is 18.8. The van der Waals surface area contributed by atoms with Crippen molar-refractivity contribution in [3.63, 3.8) is 0 Å². The molecule has 0 unspecified atom stereocenters. The molecular weight excluding hydrogens is 352 g/mol. The molecule has 12 heteroatoms. The summed E-state index contributed by atoms with van der Waals surface area (Å²) in [6, 6.07) is 3.69. The number of fused-ring (bicyclic) bond motifs is 1. The van der Waals surface area contributed by atoms with Crippen LogP contribution in [0.4, 0.5) is 17.2 Å². The fourth-order valence-electron chi connectivity index (χ4n) is 2.26. The van der Waals surface area contributed by atoms with E-state index in [0.29, 0.717) is 18.1 Å². The monoisotopic (exact) mass is 370 g/mol. The van der Waals surface area contributed by atoms with Crippen molar-refractivity contribution in [1.29, 1.82) is 0 Å². The SMILES string of the molecule is COS(=O)(=O)[O-].C[n+]1cccc(N=Nc2c(N)n3n(c2=O)CCC3)c1. The third-order valence-corrected chi connectivity index (χ3v) is 3.79. The van der Waals surface area contributed by atoms with Crippen LogP contribution in [0, 0.1) is 0 Å². The Kier molecular flexibility index (Phi) is 5.66. The maximum Gasteiger partial charge on any atom is 0.296 e. The Balaban J connectivity index is 0.000000326. The lowest BCUT2D eigenvalue weighted by Crippen LogP contribution is -2.25. The summed E-state index contributed by atoms with van der Waals surface area (Å²) in [5.74, 6) is 0.395. The normalized spacial score (nSPS) is 13.6. The van der Waals surface area contributed by atoms with Crippen molar-refractivity contribution in [3.05, 3.63) is 34.9 Å². The van der Waals surface area contributed by atoms with E-state index in [1.165, 1.54) is 0 Å². The van der Waals surface area contributed by atoms with E-state index in [2.05, 4.69) is 14.4 Å². The zero-order valence-electron chi connectivity index (χ0n) is 13.7. The van der Waals surface area contributed by atoms with Crippen molar-refractivity contribution in [2.75, 3.05) is 12.8 Å². The van der Waals surface area contributed by atoms with Gasteiger partial charge in [0.2, 0.25) is 10.4 Å². The lowest BCUT2D eigenvalue weighted by Gasteiger charge is -1.98. The van der Waals surface area contributed by atoms with Crippen LogP contribution in [-0.2, 0) is 34.7 Å². The van der Waals surface area contributed by atoms with Crippen LogP contribution in [0.25, 0.3) is 0 Å². The maximum atomic E-state index is 12.1. The molecule has 0 radical (unpaired) electrons. The predicted octanol–water partition coefficient (Wildman–Crippen LogP) is -0.0314. The molecule has 0 amide bonds. The lowest BCUT2D eigenvalue weighted by atomic mass is 10.4. The number of nitrogens with two attached hydrogens (primary N) is 1. The number of hydrogen-bond donors (Lipinski definition) is 1. The van der Waals surface area contributed by atoms with Gasteiger partial charge >= 0.3 is 0 Å². The molecule has 0 saturated heterocycles. The van der Waals surface area contributed by atoms with Crippen LogP contribution in [0.1, 0.15) is 6.42 Å². The summed E-state index contributed by atoms with van der Waals surface area (Å²) in [7, 11) is -1.71. The minimum absolute atomic E-state index is 0.168. The maximum absolute atomic E-state index is 12.1. The summed E-state index contributed by atoms with van der Waals surface area (Å²) in [5.41, 5.74) is 6.67. The second-order valence-electron chi connectivity index (χ2n) is 5.14. The van der Waals surface area contributed by atoms with Crippen LogP contribution in [0.2, 0.25) is 0 Å². The Bertz CT molecular complexity index is 946. The van der Waals surface area contributed by atoms with Gasteiger partial charge in [-0.15, -0.1) is 10.2 Å². The second kappa shape index (κ2) is 7.55. The van der Waals surface area contributed by atoms with E-state index in [0.717, 1.165) is 20.1 Å². The van der Waals surface area contributed by atoms with Gasteiger partial charge in [0, 0.05) is 19.2 Å². The van der Waals surface area contributed by atoms with Crippen LogP contribution in [0.5, 0.6) is 0 Å². The smallest absolute Gasteiger partial charge is 0.296 e. The molecule has 0 aromatic carbocycles. The Morgan fingerprint density at radius 3 is 2.52 bits per heavy atom. The molecule has 2 aromatic heterocycles. The van der Waals surface area contributed by atoms with Crippen molar-refractivity contribution in [1.82, 2.24) is 9.36 Å². The first-order valence-corrected chi connectivity index (χ1v) is 8.54. The van der Waals surface area contributed by atoms with E-state index in [9.17, 15) is 17.8 Å². The van der Waals surface area contributed by atoms with Crippen molar-refractivity contribution < 1.29 is 21.7 Å². The molecule has 0 saturated carbocycles. The summed E-state index contributed by atoms with van der Waals surface area (Å²) in [4.78, 5) is 12.1. The van der Waals surface area contributed by atoms with Gasteiger partial charge in [-0.3, -0.25) is 13.7 Å². The quantitative estimate of drug-likeness (QED) is 0.347. The molecular formula is C13H18N6O5S. The zero-order valence-corrected chi connectivity index (χ0v) is 14.5. The third-order valence-electron chi connectivity index (χ3n) is 3.38. The third kappa shape index (κ3) is 4.71. The van der Waals surface area contributed by atoms with E-state index >= 15 is 0 Å². The van der Waals surface area contributed by atoms with Crippen molar-refractivity contribution in [3.8, 4) is 0 Å². The first-order valence-electron chi connectivity index (χ1n) is 7.20. The summed E-state index contributed by atoms with van der Waals surface area (Å²) < 4.78 is 36.3. The highest BCUT2D eigenvalue weighted by molar-refractivity contribution is 7.80. The fraction of sp³-hybridized carbons (Fsp3) is 0.385. The molecule has 1 aliphatic heterocycles. The molecule has 2 aromatic rings. The highest BCUT2D eigenvalue weighted by Gasteiger charge is 2.21. The van der Waals surface area contributed by atoms with E-state index in [1.54, 1.807) is 9.36 Å². The van der Waals surface area contributed by atoms with Gasteiger partial charge in [-0.05, 0) is 12.5 Å². The topological polar surface area (TPSA) is 148 Å². The Hall–Kier alpha value is -2.57. The van der Waals surface area contributed by atoms with Gasteiger partial charge in [-0.2, -0.15) is 0 Å². The summed E-state index contributed by atoms with van der Waals surface area (Å²) in [6.45, 7) is 1.45. The number of nitrogens with zero attached hydrogens (tertiary/aromatic N) is 5. The van der Waals surface area contributed by atoms with Crippen LogP contribution in [-0.4, -0.2) is 29.4 Å². The number of anilines is 1. The fourth-order valence-corrected chi connectivity index (χ4v) is 2.26. The summed E-state index contributed by atoms with van der Waals surface area (Å²) in [5, 5.41) is 8.08. The van der Waals surface area contributed by atoms with E-state index in [-0.39, 0.29) is 11.2 Å². The van der Waals surface area contributed by atoms with Gasteiger partial charge in [0.05, 0.1) is 7.11 Å². The number of rotatable bonds is 3. The molecule has 0 atom stereocenters. The van der Waals surface area contributed by atoms with Gasteiger partial charge in [0.15, 0.2) is 23.9 Å². The lowest BCUT2D eigenvalue weighted by molar-refractivity contribution is -0.670. The minimum atomic E-state index is -4.41. The number of pyridine rings is 1. The van der Waals surface area contributed by atoms with Gasteiger partial charge in [0.25, 0.3) is 5.56 Å². The number of aromatic nitrogens is 3. The number of nitrogen functional groups attached to an aromatic ring is 1. The van der Waals surface area contributed by atoms with Crippen LogP contribution >= 0.6 is 0 Å². The van der Waals surface area contributed by atoms with Crippen molar-refractivity contribution in [2.24, 2.45) is 17.3 Å². The van der Waals surface area contributed by atoms with Gasteiger partial charge < -0.3 is 10.3 Å². The Morgan fingerprint density at radius 1 is 1.32 bits per heavy atom. The average Bonchev–Trinajstić information content (AvgIpc) is 3.11. The van der Waals surface area contributed by atoms with Crippen LogP contribution in [0.3, 0.4) is 0 Å². The number of hydrogen-bond acceptors (Lipinski definition) is 8. The average molecular weight is 370 g/mol. The molecule has 0 spiro atoms. The Labute approximate surface area is 143 Å². The molecule has 2 N–H and O–H groups in total. The number of azo groups is 1. The van der Waals surface area contributed by atoms with E-state index in [1.807, 2.05) is 36.1 Å². The highest BCUT2D eigenvalue weighted by Crippen LogP contribution is 2.23. The molecule has 0 fully saturated rings. The van der Waals surface area contributed by atoms with E-state index < -0.39 is 10.4 Å². The van der Waals surface area contributed by atoms with Crippen LogP contribution in [0.15, 0.2) is 39.5 Å². The molecule has 11 nitrogen and oxygen atoms in total. The molecule has 3 rings (SSSR count). The molecule has 136 valence electrons. The van der Waals surface area contributed by atoms with E-state index in [4.69, 9.17) is 5.73 Å². The van der Waals surface area contributed by atoms with Crippen molar-refractivity contribution in [2.45, 2.75) is 19.5 Å². The molecule has 3 heterocycles. The molecule has 25 heavy (non-hydrogen) atoms. The highest BCUT2D eigenvalue weighted by atomic mass is 32.3. The van der Waals surface area contributed by atoms with Crippen LogP contribution < -0.4 is 15.9 Å². The van der Waals surface area contributed by atoms with Gasteiger partial charge in [0.1, 0.15) is 12.7 Å². The summed E-state index contributed by atoms with van der Waals surface area (Å²) in [6.07, 6.45) is 4.65. The molecule has 0 bridgehead atoms. The predicted molar refractivity (Wildman–Crippen MR) is 86.2 cm³/mol. The van der Waals surface area contributed by atoms with Crippen molar-refractivity contribution >= 4 is 27.6 Å². The molecule has 0 aliphatic carbocycles. The summed E-state index contributed by atoms with van der Waals surface area (Å²) >= 11 is 0. The number of aryl methyl sites for hydroxylation is 1.